The number of rotatable bonds is 2. The molecular formula is C41H56O6. The zero-order valence-electron chi connectivity index (χ0n) is 29.4. The quantitative estimate of drug-likeness (QED) is 0.301. The Labute approximate surface area is 281 Å². The fourth-order valence-corrected chi connectivity index (χ4v) is 14.0. The highest BCUT2D eigenvalue weighted by molar-refractivity contribution is 5.66. The number of hydrogen-bond donors (Lipinski definition) is 0. The molecule has 2 aliphatic heterocycles. The third-order valence-electron chi connectivity index (χ3n) is 16.3. The van der Waals surface area contributed by atoms with Crippen LogP contribution in [0, 0.1) is 45.8 Å². The average Bonchev–Trinajstić information content (AvgIpc) is 3.66. The van der Waals surface area contributed by atoms with Gasteiger partial charge in [0, 0.05) is 43.1 Å². The van der Waals surface area contributed by atoms with Gasteiger partial charge in [-0.05, 0) is 142 Å². The Balaban J connectivity index is 0.914. The molecule has 6 heteroatoms. The summed E-state index contributed by atoms with van der Waals surface area (Å²) in [5, 5.41) is 0. The molecule has 6 nitrogen and oxygen atoms in total. The molecule has 1 saturated heterocycles. The second-order valence-corrected chi connectivity index (χ2v) is 18.3. The van der Waals surface area contributed by atoms with Crippen molar-refractivity contribution in [3.8, 4) is 5.75 Å². The van der Waals surface area contributed by atoms with E-state index in [1.165, 1.54) is 49.7 Å². The number of carbonyl (C=O) groups is 2. The smallest absolute Gasteiger partial charge is 0.302 e. The van der Waals surface area contributed by atoms with E-state index in [4.69, 9.17) is 18.9 Å². The first-order valence-corrected chi connectivity index (χ1v) is 19.3. The average molecular weight is 645 g/mol. The summed E-state index contributed by atoms with van der Waals surface area (Å²) in [5.74, 6) is 4.26. The second-order valence-electron chi connectivity index (χ2n) is 18.3. The third kappa shape index (κ3) is 4.43. The van der Waals surface area contributed by atoms with Crippen molar-refractivity contribution < 1.29 is 28.5 Å². The van der Waals surface area contributed by atoms with E-state index in [2.05, 4.69) is 32.9 Å². The van der Waals surface area contributed by atoms with E-state index in [0.717, 1.165) is 63.5 Å². The van der Waals surface area contributed by atoms with Crippen molar-refractivity contribution >= 4 is 11.9 Å². The normalized spacial score (nSPS) is 48.9. The molecule has 1 aromatic rings. The summed E-state index contributed by atoms with van der Waals surface area (Å²) in [6, 6.07) is 4.93. The molecule has 0 aromatic heterocycles. The summed E-state index contributed by atoms with van der Waals surface area (Å²) >= 11 is 0. The van der Waals surface area contributed by atoms with Crippen molar-refractivity contribution in [1.82, 2.24) is 0 Å². The SMILES string of the molecule is CC(=O)O[C@H]1CCC2C3CCc4cc5c(cc4C3CC[C@@]21C)C[C@@]1(CC[C@]2(C)C3CC[C@@]4(C)C(CC[C@@H]4OC(C)=O)C3CC[C@@H]2O1)O5. The minimum absolute atomic E-state index is 0.0822. The van der Waals surface area contributed by atoms with Gasteiger partial charge in [-0.2, -0.15) is 0 Å². The Morgan fingerprint density at radius 2 is 1.34 bits per heavy atom. The number of benzene rings is 1. The molecule has 0 bridgehead atoms. The van der Waals surface area contributed by atoms with Crippen LogP contribution in [0.25, 0.3) is 0 Å². The first-order valence-electron chi connectivity index (χ1n) is 19.3. The predicted octanol–water partition coefficient (Wildman–Crippen LogP) is 8.46. The van der Waals surface area contributed by atoms with Gasteiger partial charge in [-0.3, -0.25) is 9.59 Å². The lowest BCUT2D eigenvalue weighted by Gasteiger charge is -2.61. The van der Waals surface area contributed by atoms with Crippen LogP contribution in [0.15, 0.2) is 12.1 Å². The molecular weight excluding hydrogens is 588 g/mol. The molecule has 9 rings (SSSR count). The van der Waals surface area contributed by atoms with Gasteiger partial charge in [0.25, 0.3) is 0 Å². The molecule has 13 atom stereocenters. The van der Waals surface area contributed by atoms with Crippen LogP contribution in [-0.2, 0) is 36.6 Å². The van der Waals surface area contributed by atoms with Gasteiger partial charge in [0.15, 0.2) is 0 Å². The minimum Gasteiger partial charge on any atom is -0.462 e. The Morgan fingerprint density at radius 1 is 0.681 bits per heavy atom. The summed E-state index contributed by atoms with van der Waals surface area (Å²) in [6.45, 7) is 10.5. The summed E-state index contributed by atoms with van der Waals surface area (Å²) in [5.41, 5.74) is 4.85. The molecule has 47 heavy (non-hydrogen) atoms. The Bertz CT molecular complexity index is 1490. The van der Waals surface area contributed by atoms with E-state index in [-0.39, 0.29) is 46.5 Å². The molecule has 2 heterocycles. The zero-order chi connectivity index (χ0) is 32.5. The van der Waals surface area contributed by atoms with Gasteiger partial charge in [-0.1, -0.05) is 26.8 Å². The van der Waals surface area contributed by atoms with Crippen molar-refractivity contribution in [3.63, 3.8) is 0 Å². The lowest BCUT2D eigenvalue weighted by Crippen LogP contribution is -2.60. The first-order chi connectivity index (χ1) is 22.4. The molecule has 0 N–H and O–H groups in total. The second kappa shape index (κ2) is 10.5. The number of esters is 2. The molecule has 5 saturated carbocycles. The fourth-order valence-electron chi connectivity index (χ4n) is 14.0. The molecule has 1 aromatic carbocycles. The predicted molar refractivity (Wildman–Crippen MR) is 178 cm³/mol. The first kappa shape index (κ1) is 30.9. The number of hydrogen-bond acceptors (Lipinski definition) is 6. The molecule has 8 aliphatic rings. The van der Waals surface area contributed by atoms with Gasteiger partial charge < -0.3 is 18.9 Å². The van der Waals surface area contributed by atoms with Crippen LogP contribution in [0.4, 0.5) is 0 Å². The van der Waals surface area contributed by atoms with E-state index in [1.807, 2.05) is 0 Å². The van der Waals surface area contributed by atoms with Crippen LogP contribution in [0.2, 0.25) is 0 Å². The van der Waals surface area contributed by atoms with Crippen LogP contribution in [-0.4, -0.2) is 36.0 Å². The minimum atomic E-state index is -0.520. The summed E-state index contributed by atoms with van der Waals surface area (Å²) < 4.78 is 25.9. The van der Waals surface area contributed by atoms with Crippen molar-refractivity contribution in [2.24, 2.45) is 45.8 Å². The summed E-state index contributed by atoms with van der Waals surface area (Å²) in [4.78, 5) is 23.8. The number of carbonyl (C=O) groups excluding carboxylic acids is 2. The maximum absolute atomic E-state index is 11.9. The van der Waals surface area contributed by atoms with Crippen molar-refractivity contribution in [3.05, 3.63) is 28.8 Å². The maximum atomic E-state index is 11.9. The van der Waals surface area contributed by atoms with Gasteiger partial charge in [-0.25, -0.2) is 0 Å². The molecule has 6 aliphatic carbocycles. The zero-order valence-corrected chi connectivity index (χ0v) is 29.4. The highest BCUT2D eigenvalue weighted by Crippen LogP contribution is 2.67. The van der Waals surface area contributed by atoms with Crippen LogP contribution in [0.5, 0.6) is 5.75 Å². The lowest BCUT2D eigenvalue weighted by atomic mass is 9.48. The van der Waals surface area contributed by atoms with Crippen LogP contribution in [0.1, 0.15) is 141 Å². The van der Waals surface area contributed by atoms with Crippen LogP contribution >= 0.6 is 0 Å². The summed E-state index contributed by atoms with van der Waals surface area (Å²) in [7, 11) is 0. The van der Waals surface area contributed by atoms with E-state index in [9.17, 15) is 9.59 Å². The molecule has 6 fully saturated rings. The van der Waals surface area contributed by atoms with Gasteiger partial charge >= 0.3 is 11.9 Å². The number of aryl methyl sites for hydroxylation is 1. The monoisotopic (exact) mass is 644 g/mol. The summed E-state index contributed by atoms with van der Waals surface area (Å²) in [6.07, 6.45) is 17.2. The molecule has 0 amide bonds. The van der Waals surface area contributed by atoms with Crippen LogP contribution in [0.3, 0.4) is 0 Å². The van der Waals surface area contributed by atoms with E-state index >= 15 is 0 Å². The van der Waals surface area contributed by atoms with Crippen molar-refractivity contribution in [2.75, 3.05) is 0 Å². The molecule has 256 valence electrons. The van der Waals surface area contributed by atoms with E-state index in [0.29, 0.717) is 35.5 Å². The molecule has 1 spiro atoms. The van der Waals surface area contributed by atoms with Crippen molar-refractivity contribution in [2.45, 2.75) is 161 Å². The Kier molecular flexibility index (Phi) is 6.89. The van der Waals surface area contributed by atoms with E-state index < -0.39 is 5.79 Å². The third-order valence-corrected chi connectivity index (χ3v) is 16.3. The van der Waals surface area contributed by atoms with Crippen molar-refractivity contribution in [1.29, 1.82) is 0 Å². The van der Waals surface area contributed by atoms with E-state index in [1.54, 1.807) is 19.4 Å². The van der Waals surface area contributed by atoms with Gasteiger partial charge in [0.1, 0.15) is 18.0 Å². The maximum Gasteiger partial charge on any atom is 0.302 e. The molecule has 0 radical (unpaired) electrons. The van der Waals surface area contributed by atoms with Gasteiger partial charge in [-0.15, -0.1) is 0 Å². The highest BCUT2D eigenvalue weighted by Gasteiger charge is 2.64. The fraction of sp³-hybridized carbons (Fsp3) is 0.805. The number of fused-ring (bicyclic) bond motifs is 11. The van der Waals surface area contributed by atoms with Crippen LogP contribution < -0.4 is 4.74 Å². The Morgan fingerprint density at radius 3 is 2.04 bits per heavy atom. The van der Waals surface area contributed by atoms with Gasteiger partial charge in [0.05, 0.1) is 6.10 Å². The topological polar surface area (TPSA) is 71.1 Å². The lowest BCUT2D eigenvalue weighted by molar-refractivity contribution is -0.290. The Hall–Kier alpha value is -2.08. The van der Waals surface area contributed by atoms with Gasteiger partial charge in [0.2, 0.25) is 5.79 Å². The largest absolute Gasteiger partial charge is 0.462 e. The highest BCUT2D eigenvalue weighted by atomic mass is 16.7. The standard InChI is InChI=1S/C41H56O6/c1-23(42)44-35-12-9-31-28-7-6-25-21-34-26(20-30(25)27(28)14-16-38(31,35)3)22-41(46-34)19-18-40(5)33-15-17-39(4)32(10-13-36(39)45-24(2)43)29(33)8-11-37(40)47-41/h20-21,27-29,31-33,35-37H,6-19,22H2,1-5H3/t27?,28?,29?,31?,32?,33?,35-,36-,37-,38-,39-,40+,41-/m0/s1. The molecule has 6 unspecified atom stereocenters. The number of ether oxygens (including phenoxy) is 4.